The van der Waals surface area contributed by atoms with Crippen molar-refractivity contribution in [2.24, 2.45) is 11.3 Å². The molecule has 1 saturated carbocycles. The molecule has 1 aliphatic carbocycles. The van der Waals surface area contributed by atoms with Crippen LogP contribution in [-0.2, 0) is 4.74 Å². The second-order valence-electron chi connectivity index (χ2n) is 5.92. The summed E-state index contributed by atoms with van der Waals surface area (Å²) in [4.78, 5) is 0. The Morgan fingerprint density at radius 2 is 2.00 bits per heavy atom. The summed E-state index contributed by atoms with van der Waals surface area (Å²) in [5, 5.41) is 3.49. The Labute approximate surface area is 108 Å². The Hall–Kier alpha value is -0.0800. The monoisotopic (exact) mass is 241 g/mol. The average molecular weight is 241 g/mol. The van der Waals surface area contributed by atoms with E-state index < -0.39 is 0 Å². The van der Waals surface area contributed by atoms with Gasteiger partial charge in [0.2, 0.25) is 0 Å². The first-order valence-corrected chi connectivity index (χ1v) is 7.42. The maximum absolute atomic E-state index is 5.04. The van der Waals surface area contributed by atoms with Crippen molar-refractivity contribution in [1.82, 2.24) is 5.32 Å². The molecule has 0 heterocycles. The quantitative estimate of drug-likeness (QED) is 0.558. The van der Waals surface area contributed by atoms with E-state index in [0.717, 1.165) is 19.1 Å². The van der Waals surface area contributed by atoms with Gasteiger partial charge in [-0.1, -0.05) is 46.0 Å². The highest BCUT2D eigenvalue weighted by Gasteiger charge is 2.48. The van der Waals surface area contributed by atoms with Crippen LogP contribution in [0.15, 0.2) is 0 Å². The van der Waals surface area contributed by atoms with Gasteiger partial charge in [0, 0.05) is 13.7 Å². The Morgan fingerprint density at radius 1 is 1.24 bits per heavy atom. The summed E-state index contributed by atoms with van der Waals surface area (Å²) in [6.45, 7) is 7.77. The van der Waals surface area contributed by atoms with Crippen LogP contribution in [0, 0.1) is 11.3 Å². The van der Waals surface area contributed by atoms with Crippen LogP contribution in [0.5, 0.6) is 0 Å². The molecule has 1 rings (SSSR count). The number of methoxy groups -OCH3 is 1. The Bertz CT molecular complexity index is 195. The predicted molar refractivity (Wildman–Crippen MR) is 74.3 cm³/mol. The van der Waals surface area contributed by atoms with Crippen LogP contribution < -0.4 is 5.32 Å². The van der Waals surface area contributed by atoms with E-state index in [2.05, 4.69) is 19.2 Å². The Kier molecular flexibility index (Phi) is 7.14. The zero-order valence-corrected chi connectivity index (χ0v) is 12.1. The van der Waals surface area contributed by atoms with Crippen LogP contribution in [-0.4, -0.2) is 26.8 Å². The zero-order chi connectivity index (χ0) is 12.6. The molecule has 0 bridgehead atoms. The molecule has 0 aromatic heterocycles. The molecule has 0 saturated heterocycles. The van der Waals surface area contributed by atoms with Gasteiger partial charge in [0.1, 0.15) is 0 Å². The lowest BCUT2D eigenvalue weighted by molar-refractivity contribution is 0.198. The molecule has 2 nitrogen and oxygen atoms in total. The maximum Gasteiger partial charge on any atom is 0.0587 e. The molecular weight excluding hydrogens is 210 g/mol. The summed E-state index contributed by atoms with van der Waals surface area (Å²) in [6, 6.07) is 0. The van der Waals surface area contributed by atoms with E-state index in [4.69, 9.17) is 4.74 Å². The van der Waals surface area contributed by atoms with Crippen molar-refractivity contribution in [1.29, 1.82) is 0 Å². The van der Waals surface area contributed by atoms with Crippen LogP contribution in [0.3, 0.4) is 0 Å². The van der Waals surface area contributed by atoms with Crippen molar-refractivity contribution >= 4 is 0 Å². The molecule has 0 aromatic carbocycles. The van der Waals surface area contributed by atoms with Gasteiger partial charge in [-0.05, 0) is 30.7 Å². The average Bonchev–Trinajstić information content (AvgIpc) is 2.96. The molecule has 1 N–H and O–H groups in total. The highest BCUT2D eigenvalue weighted by atomic mass is 16.5. The number of ether oxygens (including phenoxy) is 1. The molecule has 102 valence electrons. The standard InChI is InChI=1S/C15H31NO/c1-4-5-6-7-8-9-15(2)12-14(15)13-16-10-11-17-3/h14,16H,4-13H2,1-3H3. The molecule has 1 fully saturated rings. The van der Waals surface area contributed by atoms with E-state index >= 15 is 0 Å². The van der Waals surface area contributed by atoms with E-state index in [1.807, 2.05) is 0 Å². The van der Waals surface area contributed by atoms with Crippen molar-refractivity contribution < 1.29 is 4.74 Å². The summed E-state index contributed by atoms with van der Waals surface area (Å²) in [5.74, 6) is 0.922. The summed E-state index contributed by atoms with van der Waals surface area (Å²) >= 11 is 0. The lowest BCUT2D eigenvalue weighted by Gasteiger charge is -2.11. The largest absolute Gasteiger partial charge is 0.383 e. The molecule has 0 aliphatic heterocycles. The van der Waals surface area contributed by atoms with Gasteiger partial charge in [0.25, 0.3) is 0 Å². The molecule has 2 heteroatoms. The van der Waals surface area contributed by atoms with Gasteiger partial charge in [0.05, 0.1) is 6.61 Å². The van der Waals surface area contributed by atoms with Crippen molar-refractivity contribution in [3.05, 3.63) is 0 Å². The van der Waals surface area contributed by atoms with Gasteiger partial charge in [0.15, 0.2) is 0 Å². The van der Waals surface area contributed by atoms with E-state index in [1.165, 1.54) is 51.5 Å². The third-order valence-electron chi connectivity index (χ3n) is 4.26. The second-order valence-corrected chi connectivity index (χ2v) is 5.92. The summed E-state index contributed by atoms with van der Waals surface area (Å²) in [6.07, 6.45) is 9.94. The molecule has 1 aliphatic rings. The fraction of sp³-hybridized carbons (Fsp3) is 1.00. The molecule has 0 radical (unpaired) electrons. The summed E-state index contributed by atoms with van der Waals surface area (Å²) in [5.41, 5.74) is 0.659. The maximum atomic E-state index is 5.04. The topological polar surface area (TPSA) is 21.3 Å². The second kappa shape index (κ2) is 8.10. The lowest BCUT2D eigenvalue weighted by atomic mass is 9.97. The highest BCUT2D eigenvalue weighted by Crippen LogP contribution is 2.55. The van der Waals surface area contributed by atoms with Crippen molar-refractivity contribution in [3.63, 3.8) is 0 Å². The fourth-order valence-electron chi connectivity index (χ4n) is 2.71. The molecule has 0 aromatic rings. The minimum absolute atomic E-state index is 0.659. The van der Waals surface area contributed by atoms with E-state index in [0.29, 0.717) is 5.41 Å². The van der Waals surface area contributed by atoms with Crippen LogP contribution >= 0.6 is 0 Å². The van der Waals surface area contributed by atoms with Crippen LogP contribution in [0.2, 0.25) is 0 Å². The molecule has 0 amide bonds. The van der Waals surface area contributed by atoms with Crippen molar-refractivity contribution in [3.8, 4) is 0 Å². The number of hydrogen-bond donors (Lipinski definition) is 1. The van der Waals surface area contributed by atoms with E-state index in [-0.39, 0.29) is 0 Å². The van der Waals surface area contributed by atoms with E-state index in [1.54, 1.807) is 7.11 Å². The zero-order valence-electron chi connectivity index (χ0n) is 12.1. The normalized spacial score (nSPS) is 27.4. The number of rotatable bonds is 11. The molecule has 2 atom stereocenters. The van der Waals surface area contributed by atoms with Gasteiger partial charge in [-0.15, -0.1) is 0 Å². The molecule has 0 spiro atoms. The minimum atomic E-state index is 0.659. The summed E-state index contributed by atoms with van der Waals surface area (Å²) in [7, 11) is 1.76. The SMILES string of the molecule is CCCCCCCC1(C)CC1CNCCOC. The first kappa shape index (κ1) is 15.0. The van der Waals surface area contributed by atoms with E-state index in [9.17, 15) is 0 Å². The Balaban J connectivity index is 1.95. The number of hydrogen-bond acceptors (Lipinski definition) is 2. The van der Waals surface area contributed by atoms with Gasteiger partial charge >= 0.3 is 0 Å². The van der Waals surface area contributed by atoms with Crippen LogP contribution in [0.25, 0.3) is 0 Å². The minimum Gasteiger partial charge on any atom is -0.383 e. The van der Waals surface area contributed by atoms with Gasteiger partial charge < -0.3 is 10.1 Å². The molecule has 17 heavy (non-hydrogen) atoms. The third-order valence-corrected chi connectivity index (χ3v) is 4.26. The highest BCUT2D eigenvalue weighted by molar-refractivity contribution is 4.99. The van der Waals surface area contributed by atoms with Crippen LogP contribution in [0.4, 0.5) is 0 Å². The summed E-state index contributed by atoms with van der Waals surface area (Å²) < 4.78 is 5.04. The van der Waals surface area contributed by atoms with Crippen molar-refractivity contribution in [2.45, 2.75) is 58.8 Å². The molecular formula is C15H31NO. The lowest BCUT2D eigenvalue weighted by Crippen LogP contribution is -2.23. The first-order chi connectivity index (χ1) is 8.23. The van der Waals surface area contributed by atoms with Crippen molar-refractivity contribution in [2.75, 3.05) is 26.8 Å². The van der Waals surface area contributed by atoms with Crippen LogP contribution in [0.1, 0.15) is 58.8 Å². The number of unbranched alkanes of at least 4 members (excludes halogenated alkanes) is 4. The van der Waals surface area contributed by atoms with Gasteiger partial charge in [-0.3, -0.25) is 0 Å². The van der Waals surface area contributed by atoms with Gasteiger partial charge in [-0.2, -0.15) is 0 Å². The first-order valence-electron chi connectivity index (χ1n) is 7.42. The predicted octanol–water partition coefficient (Wildman–Crippen LogP) is 3.61. The third kappa shape index (κ3) is 5.87. The van der Waals surface area contributed by atoms with Gasteiger partial charge in [-0.25, -0.2) is 0 Å². The smallest absolute Gasteiger partial charge is 0.0587 e. The molecule has 2 unspecified atom stereocenters. The Morgan fingerprint density at radius 3 is 2.71 bits per heavy atom. The number of nitrogens with one attached hydrogen (secondary N) is 1. The fourth-order valence-corrected chi connectivity index (χ4v) is 2.71.